The molecule has 0 aliphatic carbocycles. The van der Waals surface area contributed by atoms with E-state index in [2.05, 4.69) is 4.98 Å². The lowest BCUT2D eigenvalue weighted by Gasteiger charge is -2.03. The summed E-state index contributed by atoms with van der Waals surface area (Å²) < 4.78 is 24.6. The first-order chi connectivity index (χ1) is 7.88. The van der Waals surface area contributed by atoms with Crippen LogP contribution in [0.4, 0.5) is 14.5 Å². The Morgan fingerprint density at radius 2 is 2.24 bits per heavy atom. The van der Waals surface area contributed by atoms with Crippen LogP contribution in [0.3, 0.4) is 0 Å². The Morgan fingerprint density at radius 1 is 1.65 bits per heavy atom. The van der Waals surface area contributed by atoms with Crippen molar-refractivity contribution in [1.82, 2.24) is 4.98 Å². The van der Waals surface area contributed by atoms with Crippen LogP contribution in [0.25, 0.3) is 0 Å². The smallest absolute Gasteiger partial charge is 0.342 e. The van der Waals surface area contributed by atoms with Gasteiger partial charge in [-0.3, -0.25) is 10.1 Å². The van der Waals surface area contributed by atoms with Gasteiger partial charge in [-0.25, -0.2) is 18.6 Å². The number of hydrogen-bond donors (Lipinski definition) is 1. The first-order valence-electron chi connectivity index (χ1n) is 3.99. The largest absolute Gasteiger partial charge is 0.477 e. The summed E-state index contributed by atoms with van der Waals surface area (Å²) >= 11 is 0. The molecule has 7 nitrogen and oxygen atoms in total. The number of nitro groups is 1. The molecular formula is C8H3F2N3O4. The molecule has 0 aromatic carbocycles. The van der Waals surface area contributed by atoms with Crippen LogP contribution < -0.4 is 0 Å². The van der Waals surface area contributed by atoms with E-state index in [0.29, 0.717) is 6.07 Å². The number of nitrogens with zero attached hydrogens (tertiary/aromatic N) is 3. The van der Waals surface area contributed by atoms with Crippen molar-refractivity contribution in [1.29, 1.82) is 5.26 Å². The van der Waals surface area contributed by atoms with Gasteiger partial charge in [0.1, 0.15) is 17.3 Å². The SMILES string of the molecule is N#Cc1nc(C(F)F)cc(C(=O)O)c1[N+](=O)[O-]. The van der Waals surface area contributed by atoms with E-state index in [1.54, 1.807) is 0 Å². The highest BCUT2D eigenvalue weighted by Crippen LogP contribution is 2.27. The molecule has 0 fully saturated rings. The zero-order chi connectivity index (χ0) is 13.2. The maximum absolute atomic E-state index is 12.3. The van der Waals surface area contributed by atoms with Gasteiger partial charge in [-0.2, -0.15) is 5.26 Å². The summed E-state index contributed by atoms with van der Waals surface area (Å²) in [6.45, 7) is 0. The minimum atomic E-state index is -3.12. The van der Waals surface area contributed by atoms with Crippen molar-refractivity contribution < 1.29 is 23.6 Å². The maximum Gasteiger partial charge on any atom is 0.342 e. The van der Waals surface area contributed by atoms with Gasteiger partial charge >= 0.3 is 11.7 Å². The number of rotatable bonds is 3. The number of pyridine rings is 1. The first-order valence-corrected chi connectivity index (χ1v) is 3.99. The highest BCUT2D eigenvalue weighted by molar-refractivity contribution is 5.93. The molecule has 9 heteroatoms. The Labute approximate surface area is 92.1 Å². The van der Waals surface area contributed by atoms with Gasteiger partial charge in [-0.1, -0.05) is 0 Å². The Balaban J connectivity index is 3.65. The highest BCUT2D eigenvalue weighted by Gasteiger charge is 2.29. The minimum absolute atomic E-state index is 0.381. The average molecular weight is 243 g/mol. The van der Waals surface area contributed by atoms with Gasteiger partial charge in [0.15, 0.2) is 0 Å². The molecule has 0 saturated heterocycles. The van der Waals surface area contributed by atoms with Crippen LogP contribution in [0.2, 0.25) is 0 Å². The highest BCUT2D eigenvalue weighted by atomic mass is 19.3. The van der Waals surface area contributed by atoms with Crippen LogP contribution in [0.5, 0.6) is 0 Å². The standard InChI is InChI=1S/C8H3F2N3O4/c9-7(10)4-1-3(8(14)15)6(13(16)17)5(2-11)12-4/h1,7H,(H,14,15). The fourth-order valence-electron chi connectivity index (χ4n) is 1.10. The predicted molar refractivity (Wildman–Crippen MR) is 47.5 cm³/mol. The molecule has 0 radical (unpaired) electrons. The van der Waals surface area contributed by atoms with Crippen LogP contribution in [0.15, 0.2) is 6.07 Å². The second-order valence-electron chi connectivity index (χ2n) is 2.77. The quantitative estimate of drug-likeness (QED) is 0.634. The van der Waals surface area contributed by atoms with Gasteiger partial charge in [0, 0.05) is 0 Å². The molecule has 0 aliphatic heterocycles. The predicted octanol–water partition coefficient (Wildman–Crippen LogP) is 1.50. The molecule has 1 aromatic rings. The van der Waals surface area contributed by atoms with Crippen molar-refractivity contribution in [2.45, 2.75) is 6.43 Å². The lowest BCUT2D eigenvalue weighted by atomic mass is 10.1. The zero-order valence-electron chi connectivity index (χ0n) is 7.92. The third kappa shape index (κ3) is 2.31. The Morgan fingerprint density at radius 3 is 2.59 bits per heavy atom. The second kappa shape index (κ2) is 4.48. The van der Waals surface area contributed by atoms with Crippen molar-refractivity contribution in [3.05, 3.63) is 33.1 Å². The van der Waals surface area contributed by atoms with Gasteiger partial charge in [0.2, 0.25) is 5.69 Å². The fourth-order valence-corrected chi connectivity index (χ4v) is 1.10. The molecular weight excluding hydrogens is 240 g/mol. The van der Waals surface area contributed by atoms with Gasteiger partial charge in [0.05, 0.1) is 4.92 Å². The molecule has 88 valence electrons. The zero-order valence-corrected chi connectivity index (χ0v) is 7.92. The van der Waals surface area contributed by atoms with Crippen molar-refractivity contribution >= 4 is 11.7 Å². The number of carbonyl (C=O) groups is 1. The lowest BCUT2D eigenvalue weighted by Crippen LogP contribution is -2.08. The summed E-state index contributed by atoms with van der Waals surface area (Å²) in [5.74, 6) is -1.78. The molecule has 0 bridgehead atoms. The lowest BCUT2D eigenvalue weighted by molar-refractivity contribution is -0.385. The Hall–Kier alpha value is -2.63. The molecule has 1 heterocycles. The molecule has 0 amide bonds. The van der Waals surface area contributed by atoms with Gasteiger partial charge in [0.25, 0.3) is 6.43 Å². The third-order valence-corrected chi connectivity index (χ3v) is 1.76. The van der Waals surface area contributed by atoms with E-state index in [4.69, 9.17) is 10.4 Å². The number of halogens is 2. The van der Waals surface area contributed by atoms with Crippen LogP contribution in [0.1, 0.15) is 28.2 Å². The van der Waals surface area contributed by atoms with E-state index in [0.717, 1.165) is 0 Å². The van der Waals surface area contributed by atoms with Crippen molar-refractivity contribution in [3.8, 4) is 6.07 Å². The molecule has 1 rings (SSSR count). The van der Waals surface area contributed by atoms with Gasteiger partial charge < -0.3 is 5.11 Å². The van der Waals surface area contributed by atoms with Crippen molar-refractivity contribution in [3.63, 3.8) is 0 Å². The van der Waals surface area contributed by atoms with Gasteiger partial charge in [-0.05, 0) is 6.07 Å². The summed E-state index contributed by atoms with van der Waals surface area (Å²) in [6, 6.07) is 1.60. The summed E-state index contributed by atoms with van der Waals surface area (Å²) in [5.41, 5.74) is -4.03. The van der Waals surface area contributed by atoms with Crippen LogP contribution >= 0.6 is 0 Å². The van der Waals surface area contributed by atoms with E-state index in [9.17, 15) is 23.7 Å². The monoisotopic (exact) mass is 243 g/mol. The van der Waals surface area contributed by atoms with Crippen molar-refractivity contribution in [2.75, 3.05) is 0 Å². The van der Waals surface area contributed by atoms with Gasteiger partial charge in [-0.15, -0.1) is 0 Å². The number of hydrogen-bond acceptors (Lipinski definition) is 5. The first kappa shape index (κ1) is 12.4. The number of aromatic nitrogens is 1. The number of aromatic carboxylic acids is 1. The fraction of sp³-hybridized carbons (Fsp3) is 0.125. The number of carboxylic acid groups (broad SMARTS) is 1. The number of alkyl halides is 2. The van der Waals surface area contributed by atoms with E-state index in [1.165, 1.54) is 6.07 Å². The second-order valence-corrected chi connectivity index (χ2v) is 2.77. The molecule has 1 aromatic heterocycles. The topological polar surface area (TPSA) is 117 Å². The van der Waals surface area contributed by atoms with Crippen LogP contribution in [-0.2, 0) is 0 Å². The number of nitriles is 1. The normalized spacial score (nSPS) is 10.0. The maximum atomic E-state index is 12.3. The Bertz CT molecular complexity index is 538. The molecule has 17 heavy (non-hydrogen) atoms. The third-order valence-electron chi connectivity index (χ3n) is 1.76. The van der Waals surface area contributed by atoms with E-state index < -0.39 is 40.0 Å². The number of carboxylic acids is 1. The summed E-state index contributed by atoms with van der Waals surface area (Å²) in [4.78, 5) is 23.1. The van der Waals surface area contributed by atoms with E-state index in [1.807, 2.05) is 0 Å². The molecule has 0 saturated carbocycles. The van der Waals surface area contributed by atoms with Crippen molar-refractivity contribution in [2.24, 2.45) is 0 Å². The van der Waals surface area contributed by atoms with Crippen LogP contribution in [-0.4, -0.2) is 21.0 Å². The summed E-state index contributed by atoms with van der Waals surface area (Å²) in [7, 11) is 0. The molecule has 0 spiro atoms. The summed E-state index contributed by atoms with van der Waals surface area (Å²) in [5, 5.41) is 27.7. The average Bonchev–Trinajstić information content (AvgIpc) is 2.26. The van der Waals surface area contributed by atoms with E-state index >= 15 is 0 Å². The molecule has 0 unspecified atom stereocenters. The van der Waals surface area contributed by atoms with E-state index in [-0.39, 0.29) is 0 Å². The van der Waals surface area contributed by atoms with Crippen LogP contribution in [0, 0.1) is 21.4 Å². The Kier molecular flexibility index (Phi) is 3.28. The molecule has 0 aliphatic rings. The molecule has 1 N–H and O–H groups in total. The summed E-state index contributed by atoms with van der Waals surface area (Å²) in [6.07, 6.45) is -3.12. The minimum Gasteiger partial charge on any atom is -0.477 e. The molecule has 0 atom stereocenters.